The molecule has 2 rings (SSSR count). The van der Waals surface area contributed by atoms with E-state index in [1.165, 1.54) is 0 Å². The molecule has 96 valence electrons. The molecule has 5 heteroatoms. The lowest BCUT2D eigenvalue weighted by atomic mass is 10.0. The third-order valence-electron chi connectivity index (χ3n) is 3.26. The minimum atomic E-state index is -0.976. The molecule has 1 aromatic rings. The van der Waals surface area contributed by atoms with Gasteiger partial charge in [-0.2, -0.15) is 0 Å². The van der Waals surface area contributed by atoms with Gasteiger partial charge >= 0.3 is 5.97 Å². The molecule has 0 saturated heterocycles. The zero-order chi connectivity index (χ0) is 13.3. The van der Waals surface area contributed by atoms with E-state index in [1.54, 1.807) is 18.2 Å². The minimum absolute atomic E-state index is 0.106. The van der Waals surface area contributed by atoms with E-state index in [9.17, 15) is 14.7 Å². The number of amides is 1. The van der Waals surface area contributed by atoms with Gasteiger partial charge in [0.25, 0.3) is 0 Å². The van der Waals surface area contributed by atoms with Gasteiger partial charge in [-0.05, 0) is 25.5 Å². The van der Waals surface area contributed by atoms with Crippen molar-refractivity contribution in [2.45, 2.75) is 26.3 Å². The van der Waals surface area contributed by atoms with E-state index in [1.807, 2.05) is 18.7 Å². The fraction of sp³-hybridized carbons (Fsp3) is 0.385. The number of fused-ring (bicyclic) bond motifs is 1. The van der Waals surface area contributed by atoms with Crippen molar-refractivity contribution in [2.75, 3.05) is 16.8 Å². The predicted molar refractivity (Wildman–Crippen MR) is 69.1 cm³/mol. The highest BCUT2D eigenvalue weighted by atomic mass is 16.4. The second-order valence-electron chi connectivity index (χ2n) is 4.44. The van der Waals surface area contributed by atoms with E-state index in [4.69, 9.17) is 0 Å². The molecule has 0 fully saturated rings. The summed E-state index contributed by atoms with van der Waals surface area (Å²) < 4.78 is 0. The van der Waals surface area contributed by atoms with E-state index in [2.05, 4.69) is 5.32 Å². The number of para-hydroxylation sites is 1. The fourth-order valence-electron chi connectivity index (χ4n) is 2.15. The van der Waals surface area contributed by atoms with Crippen LogP contribution in [0.4, 0.5) is 11.4 Å². The van der Waals surface area contributed by atoms with E-state index < -0.39 is 5.97 Å². The molecule has 0 radical (unpaired) electrons. The number of benzene rings is 1. The monoisotopic (exact) mass is 248 g/mol. The average Bonchev–Trinajstić information content (AvgIpc) is 2.35. The van der Waals surface area contributed by atoms with E-state index in [0.29, 0.717) is 11.4 Å². The fourth-order valence-corrected chi connectivity index (χ4v) is 2.15. The zero-order valence-corrected chi connectivity index (χ0v) is 10.4. The average molecular weight is 248 g/mol. The van der Waals surface area contributed by atoms with Gasteiger partial charge in [0.2, 0.25) is 5.91 Å². The molecule has 1 aliphatic heterocycles. The summed E-state index contributed by atoms with van der Waals surface area (Å²) in [6.07, 6.45) is 0.848. The maximum absolute atomic E-state index is 11.6. The Bertz CT molecular complexity index is 499. The first-order valence-corrected chi connectivity index (χ1v) is 5.97. The largest absolute Gasteiger partial charge is 0.478 e. The van der Waals surface area contributed by atoms with Crippen molar-refractivity contribution in [2.24, 2.45) is 0 Å². The van der Waals surface area contributed by atoms with Crippen LogP contribution in [0.2, 0.25) is 0 Å². The molecule has 1 heterocycles. The number of carboxylic acids is 1. The number of hydrogen-bond acceptors (Lipinski definition) is 3. The Morgan fingerprint density at radius 1 is 1.56 bits per heavy atom. The lowest BCUT2D eigenvalue weighted by Gasteiger charge is -2.36. The van der Waals surface area contributed by atoms with E-state index >= 15 is 0 Å². The summed E-state index contributed by atoms with van der Waals surface area (Å²) in [6.45, 7) is 4.20. The van der Waals surface area contributed by atoms with Crippen molar-refractivity contribution in [1.29, 1.82) is 0 Å². The minimum Gasteiger partial charge on any atom is -0.478 e. The molecule has 2 N–H and O–H groups in total. The lowest BCUT2D eigenvalue weighted by Crippen LogP contribution is -2.44. The Kier molecular flexibility index (Phi) is 3.23. The molecule has 0 aliphatic carbocycles. The van der Waals surface area contributed by atoms with Gasteiger partial charge in [0.05, 0.1) is 23.5 Å². The summed E-state index contributed by atoms with van der Waals surface area (Å²) in [7, 11) is 0. The van der Waals surface area contributed by atoms with Crippen molar-refractivity contribution in [3.8, 4) is 0 Å². The van der Waals surface area contributed by atoms with Crippen molar-refractivity contribution < 1.29 is 14.7 Å². The van der Waals surface area contributed by atoms with Gasteiger partial charge in [-0.15, -0.1) is 0 Å². The quantitative estimate of drug-likeness (QED) is 0.857. The maximum Gasteiger partial charge on any atom is 0.337 e. The summed E-state index contributed by atoms with van der Waals surface area (Å²) in [5.74, 6) is -1.08. The molecule has 0 saturated carbocycles. The number of carbonyl (C=O) groups excluding carboxylic acids is 1. The van der Waals surface area contributed by atoms with Crippen molar-refractivity contribution in [3.63, 3.8) is 0 Å². The first-order chi connectivity index (χ1) is 8.54. The lowest BCUT2D eigenvalue weighted by molar-refractivity contribution is -0.115. The van der Waals surface area contributed by atoms with Gasteiger partial charge in [-0.1, -0.05) is 13.0 Å². The van der Waals surface area contributed by atoms with Gasteiger partial charge in [0, 0.05) is 6.04 Å². The van der Waals surface area contributed by atoms with Crippen LogP contribution in [0.1, 0.15) is 30.6 Å². The molecule has 1 aromatic carbocycles. The van der Waals surface area contributed by atoms with Gasteiger partial charge in [-0.25, -0.2) is 4.79 Å². The number of carboxylic acid groups (broad SMARTS) is 1. The molecule has 1 aliphatic rings. The number of anilines is 2. The van der Waals surface area contributed by atoms with E-state index in [0.717, 1.165) is 6.42 Å². The van der Waals surface area contributed by atoms with Gasteiger partial charge in [-0.3, -0.25) is 4.79 Å². The Morgan fingerprint density at radius 3 is 2.89 bits per heavy atom. The normalized spacial score (nSPS) is 15.9. The van der Waals surface area contributed by atoms with Crippen LogP contribution in [0.3, 0.4) is 0 Å². The highest BCUT2D eigenvalue weighted by Gasteiger charge is 2.29. The van der Waals surface area contributed by atoms with Crippen LogP contribution in [0.15, 0.2) is 18.2 Å². The SMILES string of the molecule is CCC(C)N1CC(=O)Nc2cccc(C(=O)O)c21. The molecule has 0 aromatic heterocycles. The van der Waals surface area contributed by atoms with Crippen molar-refractivity contribution in [3.05, 3.63) is 23.8 Å². The van der Waals surface area contributed by atoms with Gasteiger partial charge in [0.15, 0.2) is 0 Å². The topological polar surface area (TPSA) is 69.6 Å². The number of carbonyl (C=O) groups is 2. The molecule has 0 bridgehead atoms. The summed E-state index contributed by atoms with van der Waals surface area (Å²) in [6, 6.07) is 5.06. The number of nitrogens with zero attached hydrogens (tertiary/aromatic N) is 1. The molecule has 5 nitrogen and oxygen atoms in total. The molecule has 1 atom stereocenters. The third kappa shape index (κ3) is 2.03. The summed E-state index contributed by atoms with van der Waals surface area (Å²) in [4.78, 5) is 24.8. The Morgan fingerprint density at radius 2 is 2.28 bits per heavy atom. The van der Waals surface area contributed by atoms with Crippen LogP contribution in [-0.4, -0.2) is 29.6 Å². The first kappa shape index (κ1) is 12.4. The molecule has 1 amide bonds. The third-order valence-corrected chi connectivity index (χ3v) is 3.26. The number of hydrogen-bond donors (Lipinski definition) is 2. The van der Waals surface area contributed by atoms with Crippen LogP contribution < -0.4 is 10.2 Å². The van der Waals surface area contributed by atoms with Crippen LogP contribution in [-0.2, 0) is 4.79 Å². The maximum atomic E-state index is 11.6. The van der Waals surface area contributed by atoms with Crippen LogP contribution in [0.25, 0.3) is 0 Å². The highest BCUT2D eigenvalue weighted by molar-refractivity contribution is 6.07. The van der Waals surface area contributed by atoms with Crippen molar-refractivity contribution >= 4 is 23.3 Å². The molecule has 0 spiro atoms. The van der Waals surface area contributed by atoms with Crippen molar-refractivity contribution in [1.82, 2.24) is 0 Å². The van der Waals surface area contributed by atoms with Crippen LogP contribution in [0.5, 0.6) is 0 Å². The standard InChI is InChI=1S/C13H16N2O3/c1-3-8(2)15-7-11(16)14-10-6-4-5-9(12(10)15)13(17)18/h4-6,8H,3,7H2,1-2H3,(H,14,16)(H,17,18). The van der Waals surface area contributed by atoms with Gasteiger partial charge in [0.1, 0.15) is 0 Å². The second-order valence-corrected chi connectivity index (χ2v) is 4.44. The number of nitrogens with one attached hydrogen (secondary N) is 1. The summed E-state index contributed by atoms with van der Waals surface area (Å²) >= 11 is 0. The highest BCUT2D eigenvalue weighted by Crippen LogP contribution is 2.34. The molecule has 18 heavy (non-hydrogen) atoms. The first-order valence-electron chi connectivity index (χ1n) is 5.97. The molecule has 1 unspecified atom stereocenters. The second kappa shape index (κ2) is 4.68. The molecular formula is C13H16N2O3. The van der Waals surface area contributed by atoms with Gasteiger partial charge < -0.3 is 15.3 Å². The number of rotatable bonds is 3. The zero-order valence-electron chi connectivity index (χ0n) is 10.4. The van der Waals surface area contributed by atoms with Crippen LogP contribution in [0, 0.1) is 0 Å². The smallest absolute Gasteiger partial charge is 0.337 e. The van der Waals surface area contributed by atoms with Crippen LogP contribution >= 0.6 is 0 Å². The summed E-state index contributed by atoms with van der Waals surface area (Å²) in [5, 5.41) is 12.0. The van der Waals surface area contributed by atoms with E-state index in [-0.39, 0.29) is 24.1 Å². The Labute approximate surface area is 105 Å². The summed E-state index contributed by atoms with van der Waals surface area (Å²) in [5.41, 5.74) is 1.42. The number of aromatic carboxylic acids is 1. The predicted octanol–water partition coefficient (Wildman–Crippen LogP) is 1.94. The molecular weight excluding hydrogens is 232 g/mol. The Balaban J connectivity index is 2.56. The Hall–Kier alpha value is -2.04.